The van der Waals surface area contributed by atoms with E-state index in [1.165, 1.54) is 0 Å². The van der Waals surface area contributed by atoms with Crippen molar-refractivity contribution in [2.45, 2.75) is 52.4 Å². The van der Waals surface area contributed by atoms with Crippen molar-refractivity contribution < 1.29 is 9.15 Å². The van der Waals surface area contributed by atoms with Gasteiger partial charge in [0.2, 0.25) is 0 Å². The second-order valence-corrected chi connectivity index (χ2v) is 8.47. The number of hydrogen-bond acceptors (Lipinski definition) is 7. The van der Waals surface area contributed by atoms with Crippen molar-refractivity contribution >= 4 is 10.9 Å². The molecule has 1 aromatic carbocycles. The Morgan fingerprint density at radius 1 is 1.19 bits per heavy atom. The molecule has 0 fully saturated rings. The van der Waals surface area contributed by atoms with Gasteiger partial charge >= 0.3 is 0 Å². The number of nitrogens with one attached hydrogen (secondary N) is 1. The van der Waals surface area contributed by atoms with Gasteiger partial charge in [0.25, 0.3) is 5.56 Å². The molecule has 0 amide bonds. The van der Waals surface area contributed by atoms with Crippen molar-refractivity contribution in [1.29, 1.82) is 0 Å². The summed E-state index contributed by atoms with van der Waals surface area (Å²) in [6.45, 7) is 7.72. The zero-order valence-electron chi connectivity index (χ0n) is 18.8. The maximum atomic E-state index is 12.9. The highest BCUT2D eigenvalue weighted by molar-refractivity contribution is 5.80. The van der Waals surface area contributed by atoms with Crippen LogP contribution in [-0.2, 0) is 25.2 Å². The fraction of sp³-hybridized carbons (Fsp3) is 0.391. The van der Waals surface area contributed by atoms with E-state index in [0.717, 1.165) is 28.9 Å². The van der Waals surface area contributed by atoms with Gasteiger partial charge in [-0.2, -0.15) is 0 Å². The summed E-state index contributed by atoms with van der Waals surface area (Å²) in [5, 5.41) is 13.3. The molecule has 1 N–H and O–H groups in total. The third kappa shape index (κ3) is 4.57. The van der Waals surface area contributed by atoms with Crippen LogP contribution in [0.4, 0.5) is 0 Å². The van der Waals surface area contributed by atoms with Gasteiger partial charge in [-0.05, 0) is 66.4 Å². The minimum absolute atomic E-state index is 0.135. The second kappa shape index (κ2) is 8.96. The number of pyridine rings is 1. The van der Waals surface area contributed by atoms with Crippen LogP contribution in [0.5, 0.6) is 5.75 Å². The van der Waals surface area contributed by atoms with E-state index in [0.29, 0.717) is 30.9 Å². The molecule has 32 heavy (non-hydrogen) atoms. The van der Waals surface area contributed by atoms with Crippen molar-refractivity contribution in [2.24, 2.45) is 0 Å². The third-order valence-electron chi connectivity index (χ3n) is 5.82. The maximum absolute atomic E-state index is 12.9. The van der Waals surface area contributed by atoms with Gasteiger partial charge in [-0.3, -0.25) is 9.69 Å². The number of rotatable bonds is 9. The Hall–Kier alpha value is -3.46. The zero-order chi connectivity index (χ0) is 22.7. The first-order chi connectivity index (χ1) is 15.4. The average molecular weight is 437 g/mol. The molecule has 4 aromatic rings. The van der Waals surface area contributed by atoms with Crippen LogP contribution >= 0.6 is 0 Å². The van der Waals surface area contributed by atoms with E-state index in [1.54, 1.807) is 13.4 Å². The van der Waals surface area contributed by atoms with Crippen LogP contribution in [0, 0.1) is 0 Å². The summed E-state index contributed by atoms with van der Waals surface area (Å²) in [5.41, 5.74) is 1.05. The minimum atomic E-state index is -0.214. The fourth-order valence-electron chi connectivity index (χ4n) is 3.63. The molecule has 9 nitrogen and oxygen atoms in total. The quantitative estimate of drug-likeness (QED) is 0.429. The van der Waals surface area contributed by atoms with Crippen LogP contribution in [0.2, 0.25) is 0 Å². The first-order valence-corrected chi connectivity index (χ1v) is 10.6. The largest absolute Gasteiger partial charge is 0.497 e. The number of methoxy groups -OCH3 is 1. The maximum Gasteiger partial charge on any atom is 0.252 e. The molecule has 0 aliphatic rings. The number of ether oxygens (including phenoxy) is 1. The molecule has 0 spiro atoms. The van der Waals surface area contributed by atoms with Crippen LogP contribution < -0.4 is 10.3 Å². The van der Waals surface area contributed by atoms with E-state index in [1.807, 2.05) is 41.1 Å². The summed E-state index contributed by atoms with van der Waals surface area (Å²) in [5.74, 6) is 2.25. The van der Waals surface area contributed by atoms with Gasteiger partial charge < -0.3 is 14.1 Å². The topological polar surface area (TPSA) is 102 Å². The summed E-state index contributed by atoms with van der Waals surface area (Å²) < 4.78 is 12.7. The number of benzene rings is 1. The fourth-order valence-corrected chi connectivity index (χ4v) is 3.63. The Morgan fingerprint density at radius 2 is 2.03 bits per heavy atom. The van der Waals surface area contributed by atoms with Gasteiger partial charge in [-0.1, -0.05) is 6.92 Å². The molecular formula is C23H28N6O3. The summed E-state index contributed by atoms with van der Waals surface area (Å²) in [4.78, 5) is 17.9. The number of H-pyrrole nitrogens is 1. The summed E-state index contributed by atoms with van der Waals surface area (Å²) in [7, 11) is 1.60. The van der Waals surface area contributed by atoms with E-state index >= 15 is 0 Å². The predicted octanol–water partition coefficient (Wildman–Crippen LogP) is 3.46. The van der Waals surface area contributed by atoms with Crippen molar-refractivity contribution in [3.63, 3.8) is 0 Å². The van der Waals surface area contributed by atoms with Crippen LogP contribution in [-0.4, -0.2) is 37.2 Å². The number of aromatic nitrogens is 5. The standard InChI is InChI=1S/C23H28N6O3/c1-5-23(2,3)29-21(25-26-27-29)15-28(14-19-7-6-10-32-19)13-17-11-16-8-9-18(31-4)12-20(16)24-22(17)30/h6-12H,5,13-15H2,1-4H3,(H,24,30). The Morgan fingerprint density at radius 3 is 2.75 bits per heavy atom. The summed E-state index contributed by atoms with van der Waals surface area (Å²) in [6, 6.07) is 11.3. The number of aromatic amines is 1. The van der Waals surface area contributed by atoms with Crippen molar-refractivity contribution in [1.82, 2.24) is 30.1 Å². The molecule has 168 valence electrons. The molecule has 0 radical (unpaired) electrons. The molecule has 0 atom stereocenters. The van der Waals surface area contributed by atoms with Crippen LogP contribution in [0.3, 0.4) is 0 Å². The van der Waals surface area contributed by atoms with Gasteiger partial charge in [-0.25, -0.2) is 4.68 Å². The van der Waals surface area contributed by atoms with Crippen molar-refractivity contribution in [3.8, 4) is 5.75 Å². The Labute approximate surface area is 186 Å². The molecule has 0 aliphatic carbocycles. The summed E-state index contributed by atoms with van der Waals surface area (Å²) >= 11 is 0. The number of tetrazole rings is 1. The van der Waals surface area contributed by atoms with Gasteiger partial charge in [0, 0.05) is 18.2 Å². The number of furan rings is 1. The molecule has 3 aromatic heterocycles. The van der Waals surface area contributed by atoms with Crippen molar-refractivity contribution in [2.75, 3.05) is 7.11 Å². The average Bonchev–Trinajstić information content (AvgIpc) is 3.46. The molecule has 4 rings (SSSR count). The highest BCUT2D eigenvalue weighted by Gasteiger charge is 2.25. The lowest BCUT2D eigenvalue weighted by atomic mass is 10.0. The van der Waals surface area contributed by atoms with Crippen LogP contribution in [0.15, 0.2) is 51.9 Å². The zero-order valence-corrected chi connectivity index (χ0v) is 18.8. The lowest BCUT2D eigenvalue weighted by Gasteiger charge is -2.26. The minimum Gasteiger partial charge on any atom is -0.497 e. The van der Waals surface area contributed by atoms with E-state index in [-0.39, 0.29) is 11.1 Å². The molecule has 0 bridgehead atoms. The molecule has 0 aliphatic heterocycles. The third-order valence-corrected chi connectivity index (χ3v) is 5.82. The number of fused-ring (bicyclic) bond motifs is 1. The number of nitrogens with zero attached hydrogens (tertiary/aromatic N) is 5. The van der Waals surface area contributed by atoms with Gasteiger partial charge in [0.15, 0.2) is 5.82 Å². The highest BCUT2D eigenvalue weighted by Crippen LogP contribution is 2.22. The monoisotopic (exact) mass is 436 g/mol. The van der Waals surface area contributed by atoms with Crippen LogP contribution in [0.25, 0.3) is 10.9 Å². The smallest absolute Gasteiger partial charge is 0.252 e. The van der Waals surface area contributed by atoms with Crippen LogP contribution in [0.1, 0.15) is 44.3 Å². The van der Waals surface area contributed by atoms with Crippen molar-refractivity contribution in [3.05, 3.63) is 70.2 Å². The summed E-state index contributed by atoms with van der Waals surface area (Å²) in [6.07, 6.45) is 2.53. The molecule has 0 saturated carbocycles. The SMILES string of the molecule is CCC(C)(C)n1nnnc1CN(Cc1ccco1)Cc1cc2ccc(OC)cc2[nH]c1=O. The molecule has 0 unspecified atom stereocenters. The van der Waals surface area contributed by atoms with E-state index in [9.17, 15) is 4.79 Å². The van der Waals surface area contributed by atoms with E-state index in [4.69, 9.17) is 9.15 Å². The van der Waals surface area contributed by atoms with E-state index in [2.05, 4.69) is 46.2 Å². The predicted molar refractivity (Wildman–Crippen MR) is 120 cm³/mol. The van der Waals surface area contributed by atoms with E-state index < -0.39 is 0 Å². The molecular weight excluding hydrogens is 408 g/mol. The van der Waals surface area contributed by atoms with Gasteiger partial charge in [-0.15, -0.1) is 5.10 Å². The first-order valence-electron chi connectivity index (χ1n) is 10.6. The molecule has 0 saturated heterocycles. The Balaban J connectivity index is 1.65. The molecule has 3 heterocycles. The normalized spacial score (nSPS) is 12.0. The first kappa shape index (κ1) is 21.8. The lowest BCUT2D eigenvalue weighted by Crippen LogP contribution is -2.32. The van der Waals surface area contributed by atoms with Gasteiger partial charge in [0.05, 0.1) is 37.5 Å². The Kier molecular flexibility index (Phi) is 6.09. The highest BCUT2D eigenvalue weighted by atomic mass is 16.5. The Bertz CT molecular complexity index is 1240. The number of hydrogen-bond donors (Lipinski definition) is 1. The second-order valence-electron chi connectivity index (χ2n) is 8.47. The lowest BCUT2D eigenvalue weighted by molar-refractivity contribution is 0.203. The molecule has 9 heteroatoms. The van der Waals surface area contributed by atoms with Gasteiger partial charge in [0.1, 0.15) is 11.5 Å².